The molecule has 28 heavy (non-hydrogen) atoms. The van der Waals surface area contributed by atoms with E-state index < -0.39 is 0 Å². The van der Waals surface area contributed by atoms with Gasteiger partial charge in [0.1, 0.15) is 5.82 Å². The van der Waals surface area contributed by atoms with Crippen molar-refractivity contribution in [2.75, 3.05) is 58.3 Å². The first-order chi connectivity index (χ1) is 13.5. The lowest BCUT2D eigenvalue weighted by molar-refractivity contribution is -0.132. The molecule has 3 heterocycles. The second-order valence-corrected chi connectivity index (χ2v) is 8.16. The Hall–Kier alpha value is -2.54. The van der Waals surface area contributed by atoms with Gasteiger partial charge in [-0.05, 0) is 57.1 Å². The van der Waals surface area contributed by atoms with Crippen molar-refractivity contribution in [3.8, 4) is 0 Å². The van der Waals surface area contributed by atoms with Crippen LogP contribution in [-0.4, -0.2) is 79.4 Å². The molecule has 1 saturated heterocycles. The molecule has 0 radical (unpaired) electrons. The van der Waals surface area contributed by atoms with Crippen LogP contribution in [-0.2, 0) is 4.79 Å². The average molecular weight is 383 g/mol. The number of piperazine rings is 1. The Bertz CT molecular complexity index is 863. The van der Waals surface area contributed by atoms with Crippen molar-refractivity contribution in [2.24, 2.45) is 5.92 Å². The van der Waals surface area contributed by atoms with Crippen LogP contribution in [0.5, 0.6) is 0 Å². The minimum atomic E-state index is -0.00690. The molecule has 0 unspecified atom stereocenters. The number of nitrogens with zero attached hydrogens (tertiary/aromatic N) is 4. The van der Waals surface area contributed by atoms with E-state index in [4.69, 9.17) is 0 Å². The Morgan fingerprint density at radius 2 is 1.79 bits per heavy atom. The van der Waals surface area contributed by atoms with Crippen LogP contribution in [0.15, 0.2) is 30.5 Å². The van der Waals surface area contributed by atoms with Crippen LogP contribution < -0.4 is 10.2 Å². The fourth-order valence-electron chi connectivity index (χ4n) is 3.70. The number of carbonyl (C=O) groups excluding carboxylic acids is 2. The van der Waals surface area contributed by atoms with Crippen molar-refractivity contribution in [1.29, 1.82) is 0 Å². The number of likely N-dealkylation sites (N-methyl/N-ethyl adjacent to an activating group) is 1. The van der Waals surface area contributed by atoms with Gasteiger partial charge in [-0.2, -0.15) is 0 Å². The number of rotatable bonds is 6. The van der Waals surface area contributed by atoms with E-state index in [2.05, 4.69) is 26.8 Å². The molecule has 0 spiro atoms. The van der Waals surface area contributed by atoms with Crippen molar-refractivity contribution in [2.45, 2.75) is 12.8 Å². The molecule has 4 rings (SSSR count). The lowest BCUT2D eigenvalue weighted by atomic mass is 10.2. The van der Waals surface area contributed by atoms with Gasteiger partial charge in [0.15, 0.2) is 0 Å². The van der Waals surface area contributed by atoms with E-state index in [1.165, 1.54) is 12.8 Å². The van der Waals surface area contributed by atoms with E-state index in [0.717, 1.165) is 44.1 Å². The fraction of sp³-hybridized carbons (Fsp3) is 0.524. The van der Waals surface area contributed by atoms with Gasteiger partial charge in [0.25, 0.3) is 5.91 Å². The summed E-state index contributed by atoms with van der Waals surface area (Å²) < 4.78 is 2.09. The average Bonchev–Trinajstić information content (AvgIpc) is 3.42. The summed E-state index contributed by atoms with van der Waals surface area (Å²) >= 11 is 0. The molecule has 7 heteroatoms. The van der Waals surface area contributed by atoms with E-state index in [-0.39, 0.29) is 11.8 Å². The third kappa shape index (κ3) is 4.14. The summed E-state index contributed by atoms with van der Waals surface area (Å²) in [6.45, 7) is 4.27. The second-order valence-electron chi connectivity index (χ2n) is 8.16. The Morgan fingerprint density at radius 1 is 1.07 bits per heavy atom. The van der Waals surface area contributed by atoms with E-state index >= 15 is 0 Å². The number of nitrogens with one attached hydrogen (secondary N) is 1. The number of pyridine rings is 1. The van der Waals surface area contributed by atoms with Gasteiger partial charge >= 0.3 is 0 Å². The highest BCUT2D eigenvalue weighted by Gasteiger charge is 2.24. The SMILES string of the molecule is CN(C)CC(=O)N1CCN(c2ccc3ccc(C(=O)NCC4CC4)cn23)CC1. The van der Waals surface area contributed by atoms with Crippen LogP contribution in [0.2, 0.25) is 0 Å². The number of hydrogen-bond acceptors (Lipinski definition) is 4. The minimum absolute atomic E-state index is 0.00690. The van der Waals surface area contributed by atoms with E-state index in [0.29, 0.717) is 18.0 Å². The van der Waals surface area contributed by atoms with Crippen LogP contribution in [0.4, 0.5) is 5.82 Å². The van der Waals surface area contributed by atoms with Crippen molar-refractivity contribution in [3.63, 3.8) is 0 Å². The van der Waals surface area contributed by atoms with Gasteiger partial charge in [-0.3, -0.25) is 9.59 Å². The molecule has 150 valence electrons. The normalized spacial score (nSPS) is 17.4. The number of carbonyl (C=O) groups is 2. The summed E-state index contributed by atoms with van der Waals surface area (Å²) in [6.07, 6.45) is 4.38. The number of fused-ring (bicyclic) bond motifs is 1. The monoisotopic (exact) mass is 383 g/mol. The quantitative estimate of drug-likeness (QED) is 0.817. The van der Waals surface area contributed by atoms with Crippen molar-refractivity contribution >= 4 is 23.1 Å². The first-order valence-electron chi connectivity index (χ1n) is 10.1. The van der Waals surface area contributed by atoms with Gasteiger partial charge in [0, 0.05) is 44.4 Å². The standard InChI is InChI=1S/C21H29N5O2/c1-23(2)15-20(27)25-11-9-24(10-12-25)19-8-7-18-6-5-17(14-26(18)19)21(28)22-13-16-3-4-16/h5-8,14,16H,3-4,9-13,15H2,1-2H3,(H,22,28). The summed E-state index contributed by atoms with van der Waals surface area (Å²) in [5.74, 6) is 1.92. The lowest BCUT2D eigenvalue weighted by Crippen LogP contribution is -2.51. The maximum Gasteiger partial charge on any atom is 0.252 e. The number of hydrogen-bond donors (Lipinski definition) is 1. The van der Waals surface area contributed by atoms with Gasteiger partial charge in [-0.1, -0.05) is 0 Å². The molecule has 1 N–H and O–H groups in total. The summed E-state index contributed by atoms with van der Waals surface area (Å²) in [5.41, 5.74) is 1.75. The predicted molar refractivity (Wildman–Crippen MR) is 110 cm³/mol. The molecule has 1 aliphatic heterocycles. The number of amides is 2. The number of aromatic nitrogens is 1. The summed E-state index contributed by atoms with van der Waals surface area (Å²) in [6, 6.07) is 8.05. The molecule has 2 aliphatic rings. The van der Waals surface area contributed by atoms with Gasteiger partial charge in [0.05, 0.1) is 12.1 Å². The maximum absolute atomic E-state index is 12.4. The van der Waals surface area contributed by atoms with Crippen LogP contribution in [0.1, 0.15) is 23.2 Å². The molecule has 7 nitrogen and oxygen atoms in total. The van der Waals surface area contributed by atoms with Crippen molar-refractivity contribution in [1.82, 2.24) is 19.5 Å². The van der Waals surface area contributed by atoms with E-state index in [9.17, 15) is 9.59 Å². The third-order valence-electron chi connectivity index (χ3n) is 5.55. The third-order valence-corrected chi connectivity index (χ3v) is 5.55. The molecule has 1 aliphatic carbocycles. The first-order valence-corrected chi connectivity index (χ1v) is 10.1. The Labute approximate surface area is 165 Å². The van der Waals surface area contributed by atoms with Crippen LogP contribution in [0, 0.1) is 5.92 Å². The maximum atomic E-state index is 12.4. The summed E-state index contributed by atoms with van der Waals surface area (Å²) in [7, 11) is 3.83. The smallest absolute Gasteiger partial charge is 0.252 e. The fourth-order valence-corrected chi connectivity index (χ4v) is 3.70. The number of anilines is 1. The highest BCUT2D eigenvalue weighted by atomic mass is 16.2. The Kier molecular flexibility index (Phi) is 5.26. The zero-order chi connectivity index (χ0) is 19.7. The van der Waals surface area contributed by atoms with Crippen LogP contribution in [0.3, 0.4) is 0 Å². The highest BCUT2D eigenvalue weighted by Crippen LogP contribution is 2.27. The molecular formula is C21H29N5O2. The minimum Gasteiger partial charge on any atom is -0.354 e. The zero-order valence-electron chi connectivity index (χ0n) is 16.7. The van der Waals surface area contributed by atoms with E-state index in [1.807, 2.05) is 42.2 Å². The second kappa shape index (κ2) is 7.83. The van der Waals surface area contributed by atoms with Gasteiger partial charge in [-0.15, -0.1) is 0 Å². The lowest BCUT2D eigenvalue weighted by Gasteiger charge is -2.36. The molecule has 0 atom stereocenters. The Morgan fingerprint density at radius 3 is 2.46 bits per heavy atom. The predicted octanol–water partition coefficient (Wildman–Crippen LogP) is 1.29. The van der Waals surface area contributed by atoms with Crippen LogP contribution >= 0.6 is 0 Å². The molecule has 0 bridgehead atoms. The molecule has 2 aromatic heterocycles. The largest absolute Gasteiger partial charge is 0.354 e. The molecule has 0 aromatic carbocycles. The Balaban J connectivity index is 1.44. The topological polar surface area (TPSA) is 60.3 Å². The molecule has 2 amide bonds. The summed E-state index contributed by atoms with van der Waals surface area (Å²) in [5, 5.41) is 3.04. The van der Waals surface area contributed by atoms with Crippen molar-refractivity contribution < 1.29 is 9.59 Å². The molecular weight excluding hydrogens is 354 g/mol. The first kappa shape index (κ1) is 18.8. The van der Waals surface area contributed by atoms with Crippen LogP contribution in [0.25, 0.3) is 5.52 Å². The van der Waals surface area contributed by atoms with Crippen molar-refractivity contribution in [3.05, 3.63) is 36.0 Å². The van der Waals surface area contributed by atoms with Gasteiger partial charge in [0.2, 0.25) is 5.91 Å². The summed E-state index contributed by atoms with van der Waals surface area (Å²) in [4.78, 5) is 30.8. The molecule has 2 fully saturated rings. The molecule has 2 aromatic rings. The van der Waals surface area contributed by atoms with Gasteiger partial charge in [-0.25, -0.2) is 0 Å². The van der Waals surface area contributed by atoms with Gasteiger partial charge < -0.3 is 24.4 Å². The molecule has 1 saturated carbocycles. The van der Waals surface area contributed by atoms with E-state index in [1.54, 1.807) is 0 Å². The highest BCUT2D eigenvalue weighted by molar-refractivity contribution is 5.94. The zero-order valence-corrected chi connectivity index (χ0v) is 16.7.